The van der Waals surface area contributed by atoms with Crippen LogP contribution in [-0.4, -0.2) is 21.9 Å². The first-order chi connectivity index (χ1) is 12.1. The van der Waals surface area contributed by atoms with E-state index < -0.39 is 5.97 Å². The van der Waals surface area contributed by atoms with Crippen molar-refractivity contribution in [3.63, 3.8) is 0 Å². The van der Waals surface area contributed by atoms with Crippen LogP contribution in [-0.2, 0) is 17.8 Å². The van der Waals surface area contributed by atoms with Crippen LogP contribution in [0.5, 0.6) is 0 Å². The Morgan fingerprint density at radius 3 is 2.48 bits per heavy atom. The van der Waals surface area contributed by atoms with Gasteiger partial charge in [0.15, 0.2) is 12.4 Å². The Kier molecular flexibility index (Phi) is 5.04. The first-order valence-electron chi connectivity index (χ1n) is 7.76. The second-order valence-corrected chi connectivity index (χ2v) is 6.44. The Balaban J connectivity index is 1.62. The number of Topliss-reactive ketones (excluding diaryl/α,β-unsaturated/α-hetero) is 1. The van der Waals surface area contributed by atoms with Gasteiger partial charge in [0.2, 0.25) is 5.82 Å². The van der Waals surface area contributed by atoms with E-state index in [0.717, 1.165) is 23.3 Å². The van der Waals surface area contributed by atoms with Crippen molar-refractivity contribution in [3.8, 4) is 11.4 Å². The van der Waals surface area contributed by atoms with Crippen molar-refractivity contribution in [2.45, 2.75) is 26.9 Å². The first-order valence-corrected chi connectivity index (χ1v) is 8.58. The Bertz CT molecular complexity index is 896. The lowest BCUT2D eigenvalue weighted by Crippen LogP contribution is -2.03. The molecule has 0 bridgehead atoms. The molecule has 0 unspecified atom stereocenters. The van der Waals surface area contributed by atoms with Gasteiger partial charge in [-0.2, -0.15) is 4.98 Å². The van der Waals surface area contributed by atoms with Crippen LogP contribution in [0.15, 0.2) is 40.9 Å². The number of esters is 1. The molecular formula is C18H16N2O4S. The van der Waals surface area contributed by atoms with Crippen LogP contribution in [0.25, 0.3) is 11.4 Å². The summed E-state index contributed by atoms with van der Waals surface area (Å²) in [6, 6.07) is 11.0. The van der Waals surface area contributed by atoms with Crippen molar-refractivity contribution >= 4 is 23.1 Å². The van der Waals surface area contributed by atoms with Crippen molar-refractivity contribution in [2.75, 3.05) is 0 Å². The van der Waals surface area contributed by atoms with Gasteiger partial charge in [0.05, 0.1) is 4.88 Å². The third-order valence-corrected chi connectivity index (χ3v) is 4.74. The summed E-state index contributed by atoms with van der Waals surface area (Å²) in [4.78, 5) is 28.4. The van der Waals surface area contributed by atoms with Crippen molar-refractivity contribution in [3.05, 3.63) is 57.6 Å². The average Bonchev–Trinajstić information content (AvgIpc) is 3.29. The number of thiophene rings is 1. The van der Waals surface area contributed by atoms with Crippen LogP contribution in [0.1, 0.15) is 44.6 Å². The molecule has 0 aliphatic carbocycles. The predicted molar refractivity (Wildman–Crippen MR) is 92.6 cm³/mol. The van der Waals surface area contributed by atoms with Gasteiger partial charge in [0, 0.05) is 5.56 Å². The second-order valence-electron chi connectivity index (χ2n) is 5.36. The standard InChI is InChI=1S/C18H16N2O4S/c1-3-12-4-6-13(7-5-12)17-19-16(24-20-17)10-23-18(22)15-9-8-14(25-15)11(2)21/h4-9H,3,10H2,1-2H3. The Morgan fingerprint density at radius 1 is 1.12 bits per heavy atom. The topological polar surface area (TPSA) is 82.3 Å². The lowest BCUT2D eigenvalue weighted by molar-refractivity contribution is 0.0435. The Labute approximate surface area is 148 Å². The lowest BCUT2D eigenvalue weighted by Gasteiger charge is -1.98. The van der Waals surface area contributed by atoms with Gasteiger partial charge < -0.3 is 9.26 Å². The molecule has 0 saturated heterocycles. The summed E-state index contributed by atoms with van der Waals surface area (Å²) in [5.41, 5.74) is 2.06. The molecule has 6 nitrogen and oxygen atoms in total. The summed E-state index contributed by atoms with van der Waals surface area (Å²) in [6.07, 6.45) is 0.960. The summed E-state index contributed by atoms with van der Waals surface area (Å²) in [6.45, 7) is 3.42. The number of benzene rings is 1. The largest absolute Gasteiger partial charge is 0.451 e. The van der Waals surface area contributed by atoms with Crippen LogP contribution < -0.4 is 0 Å². The van der Waals surface area contributed by atoms with Gasteiger partial charge in [-0.1, -0.05) is 36.3 Å². The second kappa shape index (κ2) is 7.40. The number of aryl methyl sites for hydroxylation is 1. The van der Waals surface area contributed by atoms with Gasteiger partial charge in [-0.25, -0.2) is 4.79 Å². The van der Waals surface area contributed by atoms with E-state index in [1.165, 1.54) is 12.5 Å². The maximum Gasteiger partial charge on any atom is 0.348 e. The fraction of sp³-hybridized carbons (Fsp3) is 0.222. The van der Waals surface area contributed by atoms with Crippen molar-refractivity contribution in [2.24, 2.45) is 0 Å². The highest BCUT2D eigenvalue weighted by Gasteiger charge is 2.15. The molecule has 3 rings (SSSR count). The summed E-state index contributed by atoms with van der Waals surface area (Å²) in [7, 11) is 0. The average molecular weight is 356 g/mol. The highest BCUT2D eigenvalue weighted by molar-refractivity contribution is 7.15. The van der Waals surface area contributed by atoms with Crippen molar-refractivity contribution < 1.29 is 18.8 Å². The number of rotatable bonds is 6. The van der Waals surface area contributed by atoms with E-state index in [9.17, 15) is 9.59 Å². The molecule has 3 aromatic rings. The fourth-order valence-corrected chi connectivity index (χ4v) is 2.95. The molecule has 0 N–H and O–H groups in total. The lowest BCUT2D eigenvalue weighted by atomic mass is 10.1. The number of hydrogen-bond acceptors (Lipinski definition) is 7. The number of nitrogens with zero attached hydrogens (tertiary/aromatic N) is 2. The van der Waals surface area contributed by atoms with Crippen LogP contribution in [0.2, 0.25) is 0 Å². The van der Waals surface area contributed by atoms with Gasteiger partial charge in [-0.3, -0.25) is 4.79 Å². The molecule has 1 aromatic carbocycles. The third-order valence-electron chi connectivity index (χ3n) is 3.57. The minimum absolute atomic E-state index is 0.0836. The van der Waals surface area contributed by atoms with E-state index in [4.69, 9.17) is 9.26 Å². The minimum Gasteiger partial charge on any atom is -0.451 e. The summed E-state index contributed by atoms with van der Waals surface area (Å²) < 4.78 is 10.3. The van der Waals surface area contributed by atoms with Crippen LogP contribution in [0, 0.1) is 0 Å². The maximum absolute atomic E-state index is 12.0. The monoisotopic (exact) mass is 356 g/mol. The summed E-state index contributed by atoms with van der Waals surface area (Å²) in [5, 5.41) is 3.90. The van der Waals surface area contributed by atoms with E-state index >= 15 is 0 Å². The highest BCUT2D eigenvalue weighted by Crippen LogP contribution is 2.20. The molecule has 0 amide bonds. The van der Waals surface area contributed by atoms with E-state index in [1.807, 2.05) is 24.3 Å². The normalized spacial score (nSPS) is 10.6. The molecule has 0 spiro atoms. The molecule has 0 atom stereocenters. The van der Waals surface area contributed by atoms with Crippen LogP contribution in [0.3, 0.4) is 0 Å². The zero-order valence-electron chi connectivity index (χ0n) is 13.8. The molecule has 0 radical (unpaired) electrons. The summed E-state index contributed by atoms with van der Waals surface area (Å²) >= 11 is 1.10. The van der Waals surface area contributed by atoms with E-state index in [-0.39, 0.29) is 18.3 Å². The number of carbonyl (C=O) groups is 2. The van der Waals surface area contributed by atoms with Gasteiger partial charge in [-0.15, -0.1) is 11.3 Å². The zero-order chi connectivity index (χ0) is 17.8. The quantitative estimate of drug-likeness (QED) is 0.492. The molecule has 128 valence electrons. The third kappa shape index (κ3) is 4.00. The van der Waals surface area contributed by atoms with Gasteiger partial charge in [0.1, 0.15) is 4.88 Å². The SMILES string of the molecule is CCc1ccc(-c2noc(COC(=O)c3ccc(C(C)=O)s3)n2)cc1. The zero-order valence-corrected chi connectivity index (χ0v) is 14.6. The number of carbonyl (C=O) groups excluding carboxylic acids is 2. The number of ether oxygens (including phenoxy) is 1. The molecule has 0 aliphatic heterocycles. The fourth-order valence-electron chi connectivity index (χ4n) is 2.16. The van der Waals surface area contributed by atoms with E-state index in [0.29, 0.717) is 15.6 Å². The summed E-state index contributed by atoms with van der Waals surface area (Å²) in [5.74, 6) is 0.0548. The Morgan fingerprint density at radius 2 is 1.84 bits per heavy atom. The molecule has 2 heterocycles. The molecule has 0 aliphatic rings. The van der Waals surface area contributed by atoms with Gasteiger partial charge in [-0.05, 0) is 31.0 Å². The molecule has 7 heteroatoms. The molecule has 25 heavy (non-hydrogen) atoms. The molecule has 0 fully saturated rings. The first kappa shape index (κ1) is 17.0. The minimum atomic E-state index is -0.524. The van der Waals surface area contributed by atoms with Crippen LogP contribution in [0.4, 0.5) is 0 Å². The van der Waals surface area contributed by atoms with Gasteiger partial charge in [0.25, 0.3) is 5.89 Å². The Hall–Kier alpha value is -2.80. The van der Waals surface area contributed by atoms with Crippen molar-refractivity contribution in [1.82, 2.24) is 10.1 Å². The van der Waals surface area contributed by atoms with Crippen LogP contribution >= 0.6 is 11.3 Å². The maximum atomic E-state index is 12.0. The number of aromatic nitrogens is 2. The highest BCUT2D eigenvalue weighted by atomic mass is 32.1. The predicted octanol–water partition coefficient (Wildman–Crippen LogP) is 3.92. The number of hydrogen-bond donors (Lipinski definition) is 0. The van der Waals surface area contributed by atoms with Gasteiger partial charge >= 0.3 is 5.97 Å². The molecule has 2 aromatic heterocycles. The number of ketones is 1. The smallest absolute Gasteiger partial charge is 0.348 e. The molecule has 0 saturated carbocycles. The van der Waals surface area contributed by atoms with Crippen molar-refractivity contribution in [1.29, 1.82) is 0 Å². The van der Waals surface area contributed by atoms with E-state index in [1.54, 1.807) is 12.1 Å². The van der Waals surface area contributed by atoms with E-state index in [2.05, 4.69) is 17.1 Å². The molecular weight excluding hydrogens is 340 g/mol.